The molecule has 3 rings (SSSR count). The van der Waals surface area contributed by atoms with Gasteiger partial charge in [-0.1, -0.05) is 30.7 Å². The van der Waals surface area contributed by atoms with E-state index in [9.17, 15) is 26.4 Å². The quantitative estimate of drug-likeness (QED) is 0.593. The molecular weight excluding hydrogens is 453 g/mol. The van der Waals surface area contributed by atoms with Crippen LogP contribution in [0, 0.1) is 5.92 Å². The van der Waals surface area contributed by atoms with Gasteiger partial charge in [0.2, 0.25) is 10.0 Å². The standard InChI is InChI=1S/C21H22ClF3N2O3S/c1-14-4-3-9-27(13-14)31(29,30)17-6-2-5-15(10-17)20(28)12-26-19-11-16(21(23,24)25)7-8-18(19)22/h2,5-8,10-11,14,26H,3-4,9,12-13H2,1H3. The van der Waals surface area contributed by atoms with Crippen molar-refractivity contribution in [3.8, 4) is 0 Å². The zero-order valence-corrected chi connectivity index (χ0v) is 18.3. The van der Waals surface area contributed by atoms with Crippen LogP contribution in [0.25, 0.3) is 0 Å². The first-order valence-corrected chi connectivity index (χ1v) is 11.5. The lowest BCUT2D eigenvalue weighted by molar-refractivity contribution is -0.137. The number of hydrogen-bond donors (Lipinski definition) is 1. The van der Waals surface area contributed by atoms with Crippen molar-refractivity contribution in [1.29, 1.82) is 0 Å². The van der Waals surface area contributed by atoms with Crippen LogP contribution in [0.5, 0.6) is 0 Å². The molecule has 1 aliphatic rings. The number of rotatable bonds is 6. The van der Waals surface area contributed by atoms with Crippen LogP contribution in [0.1, 0.15) is 35.7 Å². The number of alkyl halides is 3. The van der Waals surface area contributed by atoms with Crippen molar-refractivity contribution < 1.29 is 26.4 Å². The normalized spacial score (nSPS) is 18.0. The Hall–Kier alpha value is -2.10. The summed E-state index contributed by atoms with van der Waals surface area (Å²) in [6.45, 7) is 2.51. The van der Waals surface area contributed by atoms with E-state index in [2.05, 4.69) is 5.32 Å². The second kappa shape index (κ2) is 9.18. The fraction of sp³-hybridized carbons (Fsp3) is 0.381. The Kier molecular flexibility index (Phi) is 6.98. The molecule has 0 aromatic heterocycles. The smallest absolute Gasteiger partial charge is 0.376 e. The number of nitrogens with zero attached hydrogens (tertiary/aromatic N) is 1. The molecule has 0 bridgehead atoms. The van der Waals surface area contributed by atoms with Gasteiger partial charge in [0.05, 0.1) is 27.7 Å². The summed E-state index contributed by atoms with van der Waals surface area (Å²) in [6, 6.07) is 8.46. The van der Waals surface area contributed by atoms with Gasteiger partial charge in [-0.05, 0) is 49.1 Å². The van der Waals surface area contributed by atoms with Crippen molar-refractivity contribution in [1.82, 2.24) is 4.31 Å². The predicted molar refractivity (Wildman–Crippen MR) is 113 cm³/mol. The van der Waals surface area contributed by atoms with Crippen LogP contribution in [0.2, 0.25) is 5.02 Å². The number of carbonyl (C=O) groups is 1. The second-order valence-corrected chi connectivity index (χ2v) is 9.95. The zero-order valence-electron chi connectivity index (χ0n) is 16.7. The summed E-state index contributed by atoms with van der Waals surface area (Å²) in [7, 11) is -3.73. The predicted octanol–water partition coefficient (Wildman–Crippen LogP) is 5.07. The van der Waals surface area contributed by atoms with Crippen molar-refractivity contribution in [2.24, 2.45) is 5.92 Å². The van der Waals surface area contributed by atoms with Crippen molar-refractivity contribution in [2.45, 2.75) is 30.8 Å². The molecule has 168 valence electrons. The Morgan fingerprint density at radius 2 is 1.97 bits per heavy atom. The molecule has 2 aromatic carbocycles. The average molecular weight is 475 g/mol. The second-order valence-electron chi connectivity index (χ2n) is 7.61. The Morgan fingerprint density at radius 3 is 2.65 bits per heavy atom. The van der Waals surface area contributed by atoms with Crippen LogP contribution >= 0.6 is 11.6 Å². The van der Waals surface area contributed by atoms with Crippen LogP contribution < -0.4 is 5.32 Å². The van der Waals surface area contributed by atoms with E-state index < -0.39 is 27.5 Å². The number of benzene rings is 2. The molecule has 1 aliphatic heterocycles. The van der Waals surface area contributed by atoms with Crippen LogP contribution in [-0.4, -0.2) is 38.1 Å². The summed E-state index contributed by atoms with van der Waals surface area (Å²) in [5.74, 6) is -0.215. The molecule has 0 amide bonds. The Bertz CT molecular complexity index is 1070. The molecule has 5 nitrogen and oxygen atoms in total. The fourth-order valence-corrected chi connectivity index (χ4v) is 5.29. The minimum Gasteiger partial charge on any atom is -0.376 e. The van der Waals surface area contributed by atoms with Crippen molar-refractivity contribution in [3.05, 3.63) is 58.6 Å². The summed E-state index contributed by atoms with van der Waals surface area (Å²) in [5.41, 5.74) is -0.784. The minimum atomic E-state index is -4.54. The third-order valence-electron chi connectivity index (χ3n) is 5.15. The molecule has 31 heavy (non-hydrogen) atoms. The Labute approximate surface area is 184 Å². The third-order valence-corrected chi connectivity index (χ3v) is 7.34. The number of hydrogen-bond acceptors (Lipinski definition) is 4. The van der Waals surface area contributed by atoms with Gasteiger partial charge in [-0.3, -0.25) is 4.79 Å². The summed E-state index contributed by atoms with van der Waals surface area (Å²) in [5, 5.41) is 2.65. The Balaban J connectivity index is 1.75. The number of anilines is 1. The fourth-order valence-electron chi connectivity index (χ4n) is 3.46. The highest BCUT2D eigenvalue weighted by atomic mass is 35.5. The van der Waals surface area contributed by atoms with E-state index in [0.29, 0.717) is 13.1 Å². The zero-order chi connectivity index (χ0) is 22.8. The molecule has 1 N–H and O–H groups in total. The Morgan fingerprint density at radius 1 is 1.23 bits per heavy atom. The van der Waals surface area contributed by atoms with Crippen LogP contribution in [0.4, 0.5) is 18.9 Å². The van der Waals surface area contributed by atoms with Crippen LogP contribution in [0.15, 0.2) is 47.4 Å². The summed E-state index contributed by atoms with van der Waals surface area (Å²) >= 11 is 5.93. The minimum absolute atomic E-state index is 0.0181. The number of halogens is 4. The summed E-state index contributed by atoms with van der Waals surface area (Å²) < 4.78 is 66.0. The van der Waals surface area contributed by atoms with E-state index in [1.807, 2.05) is 6.92 Å². The van der Waals surface area contributed by atoms with Crippen LogP contribution in [-0.2, 0) is 16.2 Å². The van der Waals surface area contributed by atoms with Crippen molar-refractivity contribution >= 4 is 33.1 Å². The number of nitrogens with one attached hydrogen (secondary N) is 1. The highest BCUT2D eigenvalue weighted by Crippen LogP contribution is 2.33. The van der Waals surface area contributed by atoms with Crippen LogP contribution in [0.3, 0.4) is 0 Å². The SMILES string of the molecule is CC1CCCN(S(=O)(=O)c2cccc(C(=O)CNc3cc(C(F)(F)F)ccc3Cl)c2)C1. The summed E-state index contributed by atoms with van der Waals surface area (Å²) in [4.78, 5) is 12.6. The highest BCUT2D eigenvalue weighted by Gasteiger charge is 2.31. The molecule has 2 aromatic rings. The van der Waals surface area contributed by atoms with Gasteiger partial charge in [0.15, 0.2) is 5.78 Å². The molecule has 1 unspecified atom stereocenters. The third kappa shape index (κ3) is 5.58. The maximum Gasteiger partial charge on any atom is 0.416 e. The maximum absolute atomic E-state index is 12.9. The molecule has 1 heterocycles. The largest absolute Gasteiger partial charge is 0.416 e. The van der Waals surface area contributed by atoms with E-state index in [1.165, 1.54) is 28.6 Å². The van der Waals surface area contributed by atoms with E-state index in [0.717, 1.165) is 31.0 Å². The first kappa shape index (κ1) is 23.6. The molecule has 0 saturated carbocycles. The maximum atomic E-state index is 12.9. The van der Waals surface area contributed by atoms with E-state index in [-0.39, 0.29) is 33.6 Å². The van der Waals surface area contributed by atoms with Crippen molar-refractivity contribution in [2.75, 3.05) is 25.0 Å². The highest BCUT2D eigenvalue weighted by molar-refractivity contribution is 7.89. The van der Waals surface area contributed by atoms with Gasteiger partial charge in [0, 0.05) is 18.7 Å². The number of sulfonamides is 1. The number of ketones is 1. The molecule has 1 atom stereocenters. The molecule has 0 radical (unpaired) electrons. The van der Waals surface area contributed by atoms with Gasteiger partial charge in [-0.2, -0.15) is 17.5 Å². The van der Waals surface area contributed by atoms with Gasteiger partial charge in [-0.25, -0.2) is 8.42 Å². The molecule has 0 spiro atoms. The van der Waals surface area contributed by atoms with Gasteiger partial charge in [-0.15, -0.1) is 0 Å². The number of Topliss-reactive ketones (excluding diaryl/α,β-unsaturated/α-hetero) is 1. The first-order valence-electron chi connectivity index (χ1n) is 9.72. The molecule has 1 saturated heterocycles. The number of carbonyl (C=O) groups excluding carboxylic acids is 1. The first-order chi connectivity index (χ1) is 14.5. The van der Waals surface area contributed by atoms with Gasteiger partial charge in [0.1, 0.15) is 0 Å². The van der Waals surface area contributed by atoms with E-state index >= 15 is 0 Å². The van der Waals surface area contributed by atoms with Gasteiger partial charge in [0.25, 0.3) is 0 Å². The number of piperidine rings is 1. The molecular formula is C21H22ClF3N2O3S. The average Bonchev–Trinajstić information content (AvgIpc) is 2.72. The van der Waals surface area contributed by atoms with E-state index in [4.69, 9.17) is 11.6 Å². The lowest BCUT2D eigenvalue weighted by Crippen LogP contribution is -2.39. The molecule has 10 heteroatoms. The van der Waals surface area contributed by atoms with Gasteiger partial charge >= 0.3 is 6.18 Å². The van der Waals surface area contributed by atoms with Gasteiger partial charge < -0.3 is 5.32 Å². The molecule has 1 fully saturated rings. The van der Waals surface area contributed by atoms with Crippen molar-refractivity contribution in [3.63, 3.8) is 0 Å². The summed E-state index contributed by atoms with van der Waals surface area (Å²) in [6.07, 6.45) is -2.80. The van der Waals surface area contributed by atoms with E-state index in [1.54, 1.807) is 0 Å². The molecule has 0 aliphatic carbocycles. The lowest BCUT2D eigenvalue weighted by atomic mass is 10.0. The monoisotopic (exact) mass is 474 g/mol. The lowest BCUT2D eigenvalue weighted by Gasteiger charge is -2.30. The topological polar surface area (TPSA) is 66.5 Å².